The van der Waals surface area contributed by atoms with E-state index >= 15 is 0 Å². The van der Waals surface area contributed by atoms with E-state index < -0.39 is 30.1 Å². The number of thioether (sulfide) groups is 1. The molecule has 0 heterocycles. The van der Waals surface area contributed by atoms with Gasteiger partial charge < -0.3 is 39.4 Å². The van der Waals surface area contributed by atoms with E-state index in [0.29, 0.717) is 102 Å². The third-order valence-corrected chi connectivity index (χ3v) is 11.2. The number of rotatable bonds is 41. The van der Waals surface area contributed by atoms with E-state index in [-0.39, 0.29) is 55.0 Å². The average Bonchev–Trinajstić information content (AvgIpc) is 3.20. The molecule has 0 bridgehead atoms. The number of ether oxygens (including phenoxy) is 5. The van der Waals surface area contributed by atoms with Crippen molar-refractivity contribution in [3.63, 3.8) is 0 Å². The Morgan fingerprint density at radius 2 is 1.05 bits per heavy atom. The summed E-state index contributed by atoms with van der Waals surface area (Å²) >= 11 is 1.97. The summed E-state index contributed by atoms with van der Waals surface area (Å²) in [6.45, 7) is 19.0. The second-order valence-corrected chi connectivity index (χ2v) is 19.9. The molecule has 0 aromatic rings. The van der Waals surface area contributed by atoms with Crippen molar-refractivity contribution >= 4 is 53.2 Å². The molecule has 2 amide bonds. The van der Waals surface area contributed by atoms with Crippen LogP contribution in [0.25, 0.3) is 0 Å². The summed E-state index contributed by atoms with van der Waals surface area (Å²) in [5, 5.41) is 14.0. The van der Waals surface area contributed by atoms with Gasteiger partial charge in [-0.1, -0.05) is 60.3 Å². The molecular formula is C48H86N2O14S. The van der Waals surface area contributed by atoms with E-state index in [4.69, 9.17) is 38.4 Å². The smallest absolute Gasteiger partial charge is 0.373 e. The van der Waals surface area contributed by atoms with Crippen LogP contribution >= 0.6 is 11.8 Å². The zero-order chi connectivity index (χ0) is 49.4. The van der Waals surface area contributed by atoms with Crippen LogP contribution in [-0.2, 0) is 62.0 Å². The lowest BCUT2D eigenvalue weighted by atomic mass is 9.71. The summed E-state index contributed by atoms with van der Waals surface area (Å²) in [5.74, 6) is 0.822. The number of carboxylic acids is 1. The average molecular weight is 947 g/mol. The van der Waals surface area contributed by atoms with Gasteiger partial charge in [0, 0.05) is 58.4 Å². The monoisotopic (exact) mass is 947 g/mol. The summed E-state index contributed by atoms with van der Waals surface area (Å²) in [6, 6.07) is 0. The molecular weight excluding hydrogens is 861 g/mol. The summed E-state index contributed by atoms with van der Waals surface area (Å²) in [5.41, 5.74) is -0.526. The number of esters is 1. The van der Waals surface area contributed by atoms with Crippen LogP contribution in [0.5, 0.6) is 0 Å². The minimum Gasteiger partial charge on any atom is -0.480 e. The van der Waals surface area contributed by atoms with Crippen molar-refractivity contribution in [2.45, 2.75) is 164 Å². The van der Waals surface area contributed by atoms with Gasteiger partial charge in [0.1, 0.15) is 30.4 Å². The van der Waals surface area contributed by atoms with E-state index in [9.17, 15) is 28.8 Å². The number of Topliss-reactive ketones (excluding diaryl/α,β-unsaturated/α-hetero) is 2. The lowest BCUT2D eigenvalue weighted by Crippen LogP contribution is -2.31. The minimum atomic E-state index is -1.13. The number of hydrogen-bond donors (Lipinski definition) is 3. The Hall–Kier alpha value is -3.21. The molecule has 0 saturated heterocycles. The molecule has 0 saturated carbocycles. The first-order chi connectivity index (χ1) is 30.7. The van der Waals surface area contributed by atoms with Crippen molar-refractivity contribution in [2.75, 3.05) is 77.5 Å². The molecule has 0 radical (unpaired) electrons. The molecule has 17 heteroatoms. The maximum absolute atomic E-state index is 13.0. The number of hydrogen-bond acceptors (Lipinski definition) is 14. The maximum atomic E-state index is 13.0. The molecule has 378 valence electrons. The normalized spacial score (nSPS) is 12.4. The first-order valence-electron chi connectivity index (χ1n) is 23.6. The molecule has 3 N–H and O–H groups in total. The Morgan fingerprint density at radius 3 is 1.54 bits per heavy atom. The standard InChI is InChI=1S/C47H86N2O12S.CO2/c1-37(2)41(46(3,4)5)34-40(51)20-13-10-9-11-15-31-62-32-16-12-14-19-39(50)33-38(45(56)61-47(6,7)8)21-22-42(52)48-23-17-25-57-27-29-59-30-28-58-26-18-24-49-43(53)35-60-36-44(54)55;2-1-3/h37-38,41H,9-36H2,1-8H3,(H,48,52)(H,49,53)(H,54,55);. The molecule has 0 aromatic heterocycles. The van der Waals surface area contributed by atoms with Crippen molar-refractivity contribution < 1.29 is 67.1 Å². The molecule has 2 unspecified atom stereocenters. The fourth-order valence-electron chi connectivity index (χ4n) is 6.84. The van der Waals surface area contributed by atoms with Gasteiger partial charge in [-0.2, -0.15) is 21.4 Å². The molecule has 65 heavy (non-hydrogen) atoms. The Balaban J connectivity index is 0. The van der Waals surface area contributed by atoms with Gasteiger partial charge in [0.25, 0.3) is 0 Å². The number of carbonyl (C=O) groups excluding carboxylic acids is 7. The van der Waals surface area contributed by atoms with E-state index in [0.717, 1.165) is 43.6 Å². The molecule has 0 rings (SSSR count). The summed E-state index contributed by atoms with van der Waals surface area (Å²) in [6.07, 6.45) is 12.3. The Bertz CT molecular complexity index is 1330. The van der Waals surface area contributed by atoms with Crippen LogP contribution < -0.4 is 10.6 Å². The number of unbranched alkanes of at least 4 members (excludes halogenated alkanes) is 6. The van der Waals surface area contributed by atoms with Gasteiger partial charge in [-0.3, -0.25) is 24.0 Å². The van der Waals surface area contributed by atoms with Crippen LogP contribution in [0.4, 0.5) is 0 Å². The van der Waals surface area contributed by atoms with Gasteiger partial charge in [-0.15, -0.1) is 0 Å². The molecule has 0 fully saturated rings. The van der Waals surface area contributed by atoms with E-state index in [1.54, 1.807) is 20.8 Å². The summed E-state index contributed by atoms with van der Waals surface area (Å²) < 4.78 is 26.8. The number of nitrogens with one attached hydrogen (secondary N) is 2. The number of aliphatic carboxylic acids is 1. The number of amides is 2. The van der Waals surface area contributed by atoms with Gasteiger partial charge in [-0.25, -0.2) is 4.79 Å². The van der Waals surface area contributed by atoms with Crippen LogP contribution in [0.1, 0.15) is 158 Å². The molecule has 0 aliphatic carbocycles. The predicted octanol–water partition coefficient (Wildman–Crippen LogP) is 7.18. The van der Waals surface area contributed by atoms with Gasteiger partial charge in [0.15, 0.2) is 0 Å². The SMILES string of the molecule is CC(C)C(CC(=O)CCCCCCCSCCCCCC(=O)CC(CCC(=O)NCCCOCCOCCOCCCNC(=O)COCC(=O)O)C(=O)OC(C)(C)C)C(C)(C)C.O=C=O. The van der Waals surface area contributed by atoms with Crippen LogP contribution in [0, 0.1) is 23.2 Å². The highest BCUT2D eigenvalue weighted by molar-refractivity contribution is 7.99. The topological polar surface area (TPSA) is 227 Å². The van der Waals surface area contributed by atoms with Crippen LogP contribution in [0.3, 0.4) is 0 Å². The fourth-order valence-corrected chi connectivity index (χ4v) is 7.86. The molecule has 0 aliphatic heterocycles. The second-order valence-electron chi connectivity index (χ2n) is 18.6. The van der Waals surface area contributed by atoms with Crippen molar-refractivity contribution in [1.29, 1.82) is 0 Å². The zero-order valence-electron chi connectivity index (χ0n) is 41.2. The minimum absolute atomic E-state index is 0.0282. The molecule has 0 aromatic carbocycles. The van der Waals surface area contributed by atoms with Crippen LogP contribution in [-0.4, -0.2) is 130 Å². The highest BCUT2D eigenvalue weighted by atomic mass is 32.2. The fraction of sp³-hybridized carbons (Fsp3) is 0.854. The lowest BCUT2D eigenvalue weighted by molar-refractivity contribution is -0.192. The first kappa shape index (κ1) is 63.9. The summed E-state index contributed by atoms with van der Waals surface area (Å²) in [4.78, 5) is 89.0. The Kier molecular flexibility index (Phi) is 40.3. The van der Waals surface area contributed by atoms with E-state index in [1.165, 1.54) is 19.3 Å². The van der Waals surface area contributed by atoms with Crippen LogP contribution in [0.15, 0.2) is 0 Å². The molecule has 16 nitrogen and oxygen atoms in total. The number of carboxylic acid groups (broad SMARTS) is 1. The zero-order valence-corrected chi connectivity index (χ0v) is 42.0. The third kappa shape index (κ3) is 44.4. The van der Waals surface area contributed by atoms with Crippen molar-refractivity contribution in [1.82, 2.24) is 10.6 Å². The number of ketones is 2. The Morgan fingerprint density at radius 1 is 0.585 bits per heavy atom. The van der Waals surface area contributed by atoms with Gasteiger partial charge in [-0.05, 0) is 94.5 Å². The van der Waals surface area contributed by atoms with Gasteiger partial charge in [0.05, 0.1) is 32.3 Å². The molecule has 0 spiro atoms. The lowest BCUT2D eigenvalue weighted by Gasteiger charge is -2.33. The quantitative estimate of drug-likeness (QED) is 0.0408. The highest BCUT2D eigenvalue weighted by Gasteiger charge is 2.29. The molecule has 2 atom stereocenters. The van der Waals surface area contributed by atoms with E-state index in [1.807, 2.05) is 11.8 Å². The van der Waals surface area contributed by atoms with Gasteiger partial charge in [0.2, 0.25) is 11.8 Å². The molecule has 0 aliphatic rings. The Labute approximate surface area is 394 Å². The van der Waals surface area contributed by atoms with Crippen LogP contribution in [0.2, 0.25) is 0 Å². The van der Waals surface area contributed by atoms with Crippen molar-refractivity contribution in [3.05, 3.63) is 0 Å². The highest BCUT2D eigenvalue weighted by Crippen LogP contribution is 2.35. The largest absolute Gasteiger partial charge is 0.480 e. The maximum Gasteiger partial charge on any atom is 0.373 e. The number of carbonyl (C=O) groups is 6. The summed E-state index contributed by atoms with van der Waals surface area (Å²) in [7, 11) is 0. The van der Waals surface area contributed by atoms with E-state index in [2.05, 4.69) is 45.3 Å². The van der Waals surface area contributed by atoms with Crippen molar-refractivity contribution in [2.24, 2.45) is 23.2 Å². The van der Waals surface area contributed by atoms with Crippen molar-refractivity contribution in [3.8, 4) is 0 Å². The first-order valence-corrected chi connectivity index (χ1v) is 24.8. The predicted molar refractivity (Wildman–Crippen MR) is 250 cm³/mol. The van der Waals surface area contributed by atoms with Gasteiger partial charge >= 0.3 is 18.1 Å². The second kappa shape index (κ2) is 41.0. The third-order valence-electron chi connectivity index (χ3n) is 10.1.